The summed E-state index contributed by atoms with van der Waals surface area (Å²) in [6, 6.07) is 12.8. The number of aromatic nitrogens is 1. The minimum Gasteiger partial charge on any atom is -0.443 e. The largest absolute Gasteiger partial charge is 0.443 e. The molecular formula is C21H19N3O6S. The number of anilines is 1. The normalized spacial score (nSPS) is 11.5. The van der Waals surface area contributed by atoms with Crippen LogP contribution >= 0.6 is 11.3 Å². The zero-order chi connectivity index (χ0) is 22.4. The molecule has 0 bridgehead atoms. The van der Waals surface area contributed by atoms with Crippen molar-refractivity contribution in [3.05, 3.63) is 85.9 Å². The molecule has 0 aliphatic rings. The average molecular weight is 441 g/mol. The molecule has 0 fully saturated rings. The molecule has 9 nitrogen and oxygen atoms in total. The Labute approximate surface area is 181 Å². The number of benzene rings is 2. The third kappa shape index (κ3) is 5.50. The third-order valence-electron chi connectivity index (χ3n) is 4.20. The van der Waals surface area contributed by atoms with Gasteiger partial charge in [0.15, 0.2) is 5.69 Å². The molecule has 3 aromatic rings. The van der Waals surface area contributed by atoms with Gasteiger partial charge >= 0.3 is 5.97 Å². The molecule has 0 saturated heterocycles. The van der Waals surface area contributed by atoms with Crippen LogP contribution in [0.5, 0.6) is 0 Å². The number of nitrogens with one attached hydrogen (secondary N) is 1. The van der Waals surface area contributed by atoms with E-state index in [-0.39, 0.29) is 23.7 Å². The zero-order valence-corrected chi connectivity index (χ0v) is 17.5. The highest BCUT2D eigenvalue weighted by Gasteiger charge is 2.28. The Balaban J connectivity index is 1.86. The van der Waals surface area contributed by atoms with Crippen LogP contribution in [0.15, 0.2) is 53.9 Å². The molecule has 160 valence electrons. The van der Waals surface area contributed by atoms with Crippen molar-refractivity contribution in [2.24, 2.45) is 0 Å². The first kappa shape index (κ1) is 22.1. The van der Waals surface area contributed by atoms with E-state index >= 15 is 0 Å². The fourth-order valence-electron chi connectivity index (χ4n) is 2.76. The van der Waals surface area contributed by atoms with Gasteiger partial charge in [0.25, 0.3) is 11.6 Å². The molecule has 0 aliphatic carbocycles. The van der Waals surface area contributed by atoms with E-state index in [1.54, 1.807) is 43.3 Å². The average Bonchev–Trinajstić information content (AvgIpc) is 3.22. The molecular weight excluding hydrogens is 422 g/mol. The van der Waals surface area contributed by atoms with Crippen molar-refractivity contribution in [3.63, 3.8) is 0 Å². The van der Waals surface area contributed by atoms with Crippen LogP contribution in [-0.2, 0) is 20.9 Å². The van der Waals surface area contributed by atoms with Crippen LogP contribution in [-0.4, -0.2) is 28.9 Å². The van der Waals surface area contributed by atoms with Gasteiger partial charge in [0.05, 0.1) is 11.5 Å². The summed E-state index contributed by atoms with van der Waals surface area (Å²) in [4.78, 5) is 40.5. The number of nitro groups is 1. The SMILES string of the molecule is COCc1nc(C(=O)OC(C(=O)Nc2ccc(C)cc2[N+](=O)[O-])c2ccccc2)cs1. The van der Waals surface area contributed by atoms with Gasteiger partial charge in [0.2, 0.25) is 6.10 Å². The molecule has 1 unspecified atom stereocenters. The summed E-state index contributed by atoms with van der Waals surface area (Å²) >= 11 is 1.23. The number of rotatable bonds is 8. The zero-order valence-electron chi connectivity index (χ0n) is 16.7. The second kappa shape index (κ2) is 9.92. The molecule has 0 saturated carbocycles. The van der Waals surface area contributed by atoms with Crippen LogP contribution in [0.2, 0.25) is 0 Å². The molecule has 3 rings (SSSR count). The van der Waals surface area contributed by atoms with Crippen LogP contribution < -0.4 is 5.32 Å². The number of esters is 1. The van der Waals surface area contributed by atoms with E-state index in [2.05, 4.69) is 10.3 Å². The number of nitro benzene ring substituents is 1. The maximum Gasteiger partial charge on any atom is 0.358 e. The van der Waals surface area contributed by atoms with Crippen molar-refractivity contribution in [1.29, 1.82) is 0 Å². The van der Waals surface area contributed by atoms with Gasteiger partial charge in [-0.1, -0.05) is 36.4 Å². The Morgan fingerprint density at radius 3 is 2.65 bits per heavy atom. The molecule has 0 spiro atoms. The number of hydrogen-bond donors (Lipinski definition) is 1. The lowest BCUT2D eigenvalue weighted by Crippen LogP contribution is -2.26. The molecule has 1 heterocycles. The number of aryl methyl sites for hydroxylation is 1. The van der Waals surface area contributed by atoms with E-state index in [0.29, 0.717) is 16.1 Å². The van der Waals surface area contributed by atoms with Crippen molar-refractivity contribution in [2.45, 2.75) is 19.6 Å². The van der Waals surface area contributed by atoms with Crippen LogP contribution in [0.25, 0.3) is 0 Å². The van der Waals surface area contributed by atoms with Crippen molar-refractivity contribution in [2.75, 3.05) is 12.4 Å². The lowest BCUT2D eigenvalue weighted by atomic mass is 10.1. The van der Waals surface area contributed by atoms with Gasteiger partial charge < -0.3 is 14.8 Å². The van der Waals surface area contributed by atoms with E-state index in [9.17, 15) is 19.7 Å². The number of carbonyl (C=O) groups excluding carboxylic acids is 2. The van der Waals surface area contributed by atoms with Crippen LogP contribution in [0.3, 0.4) is 0 Å². The van der Waals surface area contributed by atoms with Crippen molar-refractivity contribution < 1.29 is 24.0 Å². The number of hydrogen-bond acceptors (Lipinski definition) is 8. The molecule has 31 heavy (non-hydrogen) atoms. The Hall–Kier alpha value is -3.63. The highest BCUT2D eigenvalue weighted by Crippen LogP contribution is 2.28. The molecule has 0 aliphatic heterocycles. The molecule has 1 N–H and O–H groups in total. The van der Waals surface area contributed by atoms with E-state index in [0.717, 1.165) is 0 Å². The summed E-state index contributed by atoms with van der Waals surface area (Å²) in [5, 5.41) is 16.0. The number of thiazole rings is 1. The summed E-state index contributed by atoms with van der Waals surface area (Å²) in [6.45, 7) is 1.95. The fraction of sp³-hybridized carbons (Fsp3) is 0.190. The topological polar surface area (TPSA) is 121 Å². The van der Waals surface area contributed by atoms with Gasteiger partial charge in [-0.15, -0.1) is 11.3 Å². The Morgan fingerprint density at radius 1 is 1.23 bits per heavy atom. The second-order valence-electron chi connectivity index (χ2n) is 6.52. The lowest BCUT2D eigenvalue weighted by molar-refractivity contribution is -0.384. The number of methoxy groups -OCH3 is 1. The van der Waals surface area contributed by atoms with E-state index in [1.807, 2.05) is 0 Å². The van der Waals surface area contributed by atoms with Crippen LogP contribution in [0, 0.1) is 17.0 Å². The molecule has 1 atom stereocenters. The van der Waals surface area contributed by atoms with E-state index in [4.69, 9.17) is 9.47 Å². The highest BCUT2D eigenvalue weighted by molar-refractivity contribution is 7.09. The Kier molecular flexibility index (Phi) is 7.06. The first-order valence-electron chi connectivity index (χ1n) is 9.14. The van der Waals surface area contributed by atoms with Crippen molar-refractivity contribution in [1.82, 2.24) is 4.98 Å². The van der Waals surface area contributed by atoms with E-state index < -0.39 is 22.9 Å². The number of ether oxygens (including phenoxy) is 2. The van der Waals surface area contributed by atoms with E-state index in [1.165, 1.54) is 36.0 Å². The predicted octanol–water partition coefficient (Wildman–Crippen LogP) is 4.04. The van der Waals surface area contributed by atoms with Crippen molar-refractivity contribution in [3.8, 4) is 0 Å². The lowest BCUT2D eigenvalue weighted by Gasteiger charge is -2.17. The third-order valence-corrected chi connectivity index (χ3v) is 5.02. The molecule has 1 aromatic heterocycles. The number of carbonyl (C=O) groups is 2. The molecule has 10 heteroatoms. The summed E-state index contributed by atoms with van der Waals surface area (Å²) in [5.41, 5.74) is 0.887. The summed E-state index contributed by atoms with van der Waals surface area (Å²) in [7, 11) is 1.51. The second-order valence-corrected chi connectivity index (χ2v) is 7.47. The molecule has 2 aromatic carbocycles. The summed E-state index contributed by atoms with van der Waals surface area (Å²) in [6.07, 6.45) is -1.33. The van der Waals surface area contributed by atoms with Crippen molar-refractivity contribution >= 4 is 34.6 Å². The Bertz CT molecular complexity index is 1100. The first-order valence-corrected chi connectivity index (χ1v) is 10.0. The highest BCUT2D eigenvalue weighted by atomic mass is 32.1. The quantitative estimate of drug-likeness (QED) is 0.318. The maximum absolute atomic E-state index is 13.0. The minimum absolute atomic E-state index is 0.00798. The monoisotopic (exact) mass is 441 g/mol. The van der Waals surface area contributed by atoms with Gasteiger partial charge in [-0.3, -0.25) is 14.9 Å². The summed E-state index contributed by atoms with van der Waals surface area (Å²) in [5.74, 6) is -1.51. The first-order chi connectivity index (χ1) is 14.9. The van der Waals surface area contributed by atoms with Gasteiger partial charge in [0, 0.05) is 24.1 Å². The molecule has 1 amide bonds. The van der Waals surface area contributed by atoms with Gasteiger partial charge in [-0.25, -0.2) is 9.78 Å². The summed E-state index contributed by atoms with van der Waals surface area (Å²) < 4.78 is 10.4. The van der Waals surface area contributed by atoms with Gasteiger partial charge in [-0.05, 0) is 18.6 Å². The number of amides is 1. The predicted molar refractivity (Wildman–Crippen MR) is 114 cm³/mol. The Morgan fingerprint density at radius 2 is 1.97 bits per heavy atom. The number of nitrogens with zero attached hydrogens (tertiary/aromatic N) is 2. The minimum atomic E-state index is -1.33. The van der Waals surface area contributed by atoms with Crippen LogP contribution in [0.4, 0.5) is 11.4 Å². The standard InChI is InChI=1S/C21H19N3O6S/c1-13-8-9-15(17(10-13)24(27)28)23-20(25)19(14-6-4-3-5-7-14)30-21(26)16-12-31-18(22-16)11-29-2/h3-10,12,19H,11H2,1-2H3,(H,23,25). The fourth-order valence-corrected chi connectivity index (χ4v) is 3.49. The van der Waals surface area contributed by atoms with Gasteiger partial charge in [0.1, 0.15) is 10.7 Å². The van der Waals surface area contributed by atoms with Gasteiger partial charge in [-0.2, -0.15) is 0 Å². The molecule has 0 radical (unpaired) electrons. The maximum atomic E-state index is 13.0. The smallest absolute Gasteiger partial charge is 0.358 e. The van der Waals surface area contributed by atoms with Crippen LogP contribution in [0.1, 0.15) is 32.7 Å².